The molecule has 66 valence electrons. The van der Waals surface area contributed by atoms with E-state index in [0.717, 1.165) is 10.0 Å². The molecule has 1 nitrogen and oxygen atoms in total. The molecule has 0 bridgehead atoms. The first kappa shape index (κ1) is 8.73. The number of hydrogen-bond donors (Lipinski definition) is 0. The molecule has 13 heavy (non-hydrogen) atoms. The molecule has 0 radical (unpaired) electrons. The van der Waals surface area contributed by atoms with E-state index in [4.69, 9.17) is 11.6 Å². The molecule has 0 aliphatic rings. The number of thiazole rings is 1. The lowest BCUT2D eigenvalue weighted by Gasteiger charge is -1.95. The van der Waals surface area contributed by atoms with E-state index in [0.29, 0.717) is 0 Å². The summed E-state index contributed by atoms with van der Waals surface area (Å²) in [5.41, 5.74) is 1.18. The van der Waals surface area contributed by atoms with Crippen LogP contribution in [0.3, 0.4) is 0 Å². The Morgan fingerprint density at radius 2 is 1.92 bits per heavy atom. The first-order chi connectivity index (χ1) is 6.25. The molecule has 1 aromatic carbocycles. The fraction of sp³-hybridized carbons (Fsp3) is 0.100. The van der Waals surface area contributed by atoms with Crippen LogP contribution in [0.15, 0.2) is 30.5 Å². The number of aryl methyl sites for hydroxylation is 1. The SMILES string of the molecule is Cc1ncc(-c2ccc(Cl)cc2)s1. The van der Waals surface area contributed by atoms with Crippen molar-refractivity contribution in [2.75, 3.05) is 0 Å². The zero-order valence-electron chi connectivity index (χ0n) is 7.12. The Balaban J connectivity index is 2.41. The number of benzene rings is 1. The molecule has 2 rings (SSSR count). The maximum absolute atomic E-state index is 5.79. The largest absolute Gasteiger partial charge is 0.249 e. The average molecular weight is 210 g/mol. The smallest absolute Gasteiger partial charge is 0.0900 e. The van der Waals surface area contributed by atoms with E-state index in [9.17, 15) is 0 Å². The standard InChI is InChI=1S/C10H8ClNS/c1-7-12-6-10(13-7)8-2-4-9(11)5-3-8/h2-6H,1H3. The first-order valence-corrected chi connectivity index (χ1v) is 5.13. The van der Waals surface area contributed by atoms with Gasteiger partial charge in [-0.05, 0) is 24.6 Å². The Labute approximate surface area is 86.0 Å². The van der Waals surface area contributed by atoms with Crippen molar-refractivity contribution < 1.29 is 0 Å². The van der Waals surface area contributed by atoms with Gasteiger partial charge in [-0.15, -0.1) is 11.3 Å². The third-order valence-electron chi connectivity index (χ3n) is 1.75. The van der Waals surface area contributed by atoms with Gasteiger partial charge in [-0.25, -0.2) is 4.98 Å². The highest BCUT2D eigenvalue weighted by atomic mass is 35.5. The van der Waals surface area contributed by atoms with Gasteiger partial charge in [0.1, 0.15) is 0 Å². The van der Waals surface area contributed by atoms with Crippen LogP contribution in [0.4, 0.5) is 0 Å². The fourth-order valence-electron chi connectivity index (χ4n) is 1.11. The van der Waals surface area contributed by atoms with Crippen molar-refractivity contribution in [3.8, 4) is 10.4 Å². The van der Waals surface area contributed by atoms with Crippen LogP contribution in [0.1, 0.15) is 5.01 Å². The average Bonchev–Trinajstić information content (AvgIpc) is 2.53. The molecule has 2 aromatic rings. The Morgan fingerprint density at radius 1 is 1.23 bits per heavy atom. The molecule has 0 saturated heterocycles. The fourth-order valence-corrected chi connectivity index (χ4v) is 2.02. The molecule has 1 heterocycles. The maximum Gasteiger partial charge on any atom is 0.0900 e. The molecular weight excluding hydrogens is 202 g/mol. The predicted octanol–water partition coefficient (Wildman–Crippen LogP) is 3.77. The first-order valence-electron chi connectivity index (χ1n) is 3.94. The van der Waals surface area contributed by atoms with Crippen LogP contribution in [0.2, 0.25) is 5.02 Å². The molecule has 0 spiro atoms. The third-order valence-corrected chi connectivity index (χ3v) is 2.96. The minimum absolute atomic E-state index is 0.769. The van der Waals surface area contributed by atoms with Crippen molar-refractivity contribution in [1.82, 2.24) is 4.98 Å². The molecule has 0 N–H and O–H groups in total. The molecule has 0 fully saturated rings. The second-order valence-corrected chi connectivity index (χ2v) is 4.42. The minimum atomic E-state index is 0.769. The summed E-state index contributed by atoms with van der Waals surface area (Å²) >= 11 is 7.48. The maximum atomic E-state index is 5.79. The van der Waals surface area contributed by atoms with Gasteiger partial charge in [0.2, 0.25) is 0 Å². The van der Waals surface area contributed by atoms with E-state index in [1.807, 2.05) is 37.4 Å². The Bertz CT molecular complexity index is 405. The van der Waals surface area contributed by atoms with Crippen molar-refractivity contribution in [3.05, 3.63) is 40.5 Å². The predicted molar refractivity (Wildman–Crippen MR) is 57.3 cm³/mol. The van der Waals surface area contributed by atoms with Gasteiger partial charge >= 0.3 is 0 Å². The van der Waals surface area contributed by atoms with Gasteiger partial charge in [0.25, 0.3) is 0 Å². The summed E-state index contributed by atoms with van der Waals surface area (Å²) < 4.78 is 0. The number of hydrogen-bond acceptors (Lipinski definition) is 2. The molecule has 1 aromatic heterocycles. The number of rotatable bonds is 1. The number of aromatic nitrogens is 1. The zero-order chi connectivity index (χ0) is 9.26. The molecule has 0 saturated carbocycles. The summed E-state index contributed by atoms with van der Waals surface area (Å²) in [5, 5.41) is 1.86. The second kappa shape index (κ2) is 3.48. The normalized spacial score (nSPS) is 10.3. The van der Waals surface area contributed by atoms with E-state index in [-0.39, 0.29) is 0 Å². The van der Waals surface area contributed by atoms with Gasteiger partial charge in [0.15, 0.2) is 0 Å². The molecule has 0 amide bonds. The highest BCUT2D eigenvalue weighted by Crippen LogP contribution is 2.26. The molecule has 0 aliphatic carbocycles. The lowest BCUT2D eigenvalue weighted by atomic mass is 10.2. The van der Waals surface area contributed by atoms with E-state index in [1.54, 1.807) is 11.3 Å². The summed E-state index contributed by atoms with van der Waals surface area (Å²) in [7, 11) is 0. The van der Waals surface area contributed by atoms with Crippen LogP contribution >= 0.6 is 22.9 Å². The number of halogens is 1. The van der Waals surface area contributed by atoms with Gasteiger partial charge in [0.05, 0.1) is 9.88 Å². The Kier molecular flexibility index (Phi) is 2.34. The minimum Gasteiger partial charge on any atom is -0.249 e. The van der Waals surface area contributed by atoms with E-state index < -0.39 is 0 Å². The summed E-state index contributed by atoms with van der Waals surface area (Å²) in [5.74, 6) is 0. The summed E-state index contributed by atoms with van der Waals surface area (Å²) in [6, 6.07) is 7.81. The van der Waals surface area contributed by atoms with Crippen molar-refractivity contribution in [1.29, 1.82) is 0 Å². The van der Waals surface area contributed by atoms with Crippen LogP contribution in [-0.4, -0.2) is 4.98 Å². The van der Waals surface area contributed by atoms with Crippen molar-refractivity contribution in [2.24, 2.45) is 0 Å². The molecular formula is C10H8ClNS. The third kappa shape index (κ3) is 1.90. The van der Waals surface area contributed by atoms with E-state index in [1.165, 1.54) is 10.4 Å². The summed E-state index contributed by atoms with van der Waals surface area (Å²) in [4.78, 5) is 5.39. The van der Waals surface area contributed by atoms with Gasteiger partial charge in [0, 0.05) is 11.2 Å². The van der Waals surface area contributed by atoms with Crippen molar-refractivity contribution in [3.63, 3.8) is 0 Å². The van der Waals surface area contributed by atoms with Gasteiger partial charge < -0.3 is 0 Å². The van der Waals surface area contributed by atoms with Crippen LogP contribution < -0.4 is 0 Å². The lowest BCUT2D eigenvalue weighted by molar-refractivity contribution is 1.30. The second-order valence-electron chi connectivity index (χ2n) is 2.75. The van der Waals surface area contributed by atoms with E-state index in [2.05, 4.69) is 4.98 Å². The van der Waals surface area contributed by atoms with Gasteiger partial charge in [-0.1, -0.05) is 23.7 Å². The molecule has 0 unspecified atom stereocenters. The lowest BCUT2D eigenvalue weighted by Crippen LogP contribution is -1.70. The molecule has 0 atom stereocenters. The van der Waals surface area contributed by atoms with Crippen LogP contribution in [0.5, 0.6) is 0 Å². The summed E-state index contributed by atoms with van der Waals surface area (Å²) in [6.45, 7) is 2.00. The van der Waals surface area contributed by atoms with Gasteiger partial charge in [-0.3, -0.25) is 0 Å². The van der Waals surface area contributed by atoms with Crippen LogP contribution in [0, 0.1) is 6.92 Å². The summed E-state index contributed by atoms with van der Waals surface area (Å²) in [6.07, 6.45) is 1.89. The Morgan fingerprint density at radius 3 is 2.46 bits per heavy atom. The zero-order valence-corrected chi connectivity index (χ0v) is 8.69. The Hall–Kier alpha value is -0.860. The molecule has 0 aliphatic heterocycles. The van der Waals surface area contributed by atoms with Gasteiger partial charge in [-0.2, -0.15) is 0 Å². The van der Waals surface area contributed by atoms with Crippen LogP contribution in [-0.2, 0) is 0 Å². The monoisotopic (exact) mass is 209 g/mol. The van der Waals surface area contributed by atoms with E-state index >= 15 is 0 Å². The highest BCUT2D eigenvalue weighted by Gasteiger charge is 2.00. The molecule has 3 heteroatoms. The van der Waals surface area contributed by atoms with Crippen molar-refractivity contribution >= 4 is 22.9 Å². The quantitative estimate of drug-likeness (QED) is 0.697. The highest BCUT2D eigenvalue weighted by molar-refractivity contribution is 7.15. The van der Waals surface area contributed by atoms with Crippen molar-refractivity contribution in [2.45, 2.75) is 6.92 Å². The van der Waals surface area contributed by atoms with Crippen LogP contribution in [0.25, 0.3) is 10.4 Å². The topological polar surface area (TPSA) is 12.9 Å². The number of nitrogens with zero attached hydrogens (tertiary/aromatic N) is 1.